The molecule has 5 rings (SSSR count). The van der Waals surface area contributed by atoms with Crippen molar-refractivity contribution in [3.8, 4) is 0 Å². The van der Waals surface area contributed by atoms with Crippen LogP contribution >= 0.6 is 0 Å². The molecule has 1 aromatic heterocycles. The molecule has 0 saturated heterocycles. The number of hydrogen-bond acceptors (Lipinski definition) is 3. The zero-order valence-corrected chi connectivity index (χ0v) is 19.7. The molecule has 1 fully saturated rings. The number of ether oxygens (including phenoxy) is 1. The first-order chi connectivity index (χ1) is 17.6. The number of fused-ring (bicyclic) bond motifs is 1. The topological polar surface area (TPSA) is 60.3 Å². The van der Waals surface area contributed by atoms with E-state index in [-0.39, 0.29) is 12.1 Å². The average Bonchev–Trinajstić information content (AvgIpc) is 3.55. The Labute approximate surface area is 209 Å². The molecule has 5 nitrogen and oxygen atoms in total. The summed E-state index contributed by atoms with van der Waals surface area (Å²) in [5.41, 5.74) is 1.05. The number of hydrogen-bond donors (Lipinski definition) is 1. The van der Waals surface area contributed by atoms with E-state index in [1.807, 2.05) is 0 Å². The highest BCUT2D eigenvalue weighted by molar-refractivity contribution is 6.06. The van der Waals surface area contributed by atoms with Gasteiger partial charge in [0.1, 0.15) is 5.82 Å². The lowest BCUT2D eigenvalue weighted by atomic mass is 10.0. The summed E-state index contributed by atoms with van der Waals surface area (Å²) in [6.07, 6.45) is -1.39. The molecule has 190 valence electrons. The SMILES string of the molecule is COC(=O)c1ccc(C2(NC(=O)c3cc(F)cc4ccn(Cc5ccc(C(F)(F)F)cc5)c34)CC2)cc1. The van der Waals surface area contributed by atoms with Gasteiger partial charge in [-0.25, -0.2) is 9.18 Å². The van der Waals surface area contributed by atoms with Gasteiger partial charge in [-0.1, -0.05) is 24.3 Å². The lowest BCUT2D eigenvalue weighted by Gasteiger charge is -2.19. The van der Waals surface area contributed by atoms with E-state index in [0.717, 1.165) is 23.8 Å². The van der Waals surface area contributed by atoms with Crippen LogP contribution < -0.4 is 5.32 Å². The van der Waals surface area contributed by atoms with Crippen LogP contribution in [0.2, 0.25) is 0 Å². The number of carbonyl (C=O) groups excluding carboxylic acids is 2. The standard InChI is InChI=1S/C28H22F4N2O3/c1-37-26(36)18-4-8-20(9-5-18)27(11-12-27)33-25(35)23-15-22(29)14-19-10-13-34(24(19)23)16-17-2-6-21(7-3-17)28(30,31)32/h2-10,13-15H,11-12,16H2,1H3,(H,33,35). The second-order valence-corrected chi connectivity index (χ2v) is 9.13. The van der Waals surface area contributed by atoms with Gasteiger partial charge in [0.05, 0.1) is 34.9 Å². The highest BCUT2D eigenvalue weighted by Crippen LogP contribution is 2.46. The molecule has 1 amide bonds. The van der Waals surface area contributed by atoms with Gasteiger partial charge in [0, 0.05) is 18.1 Å². The molecule has 0 aliphatic heterocycles. The Morgan fingerprint density at radius 3 is 2.27 bits per heavy atom. The average molecular weight is 510 g/mol. The summed E-state index contributed by atoms with van der Waals surface area (Å²) in [7, 11) is 1.30. The minimum atomic E-state index is -4.43. The number of carbonyl (C=O) groups is 2. The van der Waals surface area contributed by atoms with Crippen LogP contribution in [0.1, 0.15) is 50.2 Å². The van der Waals surface area contributed by atoms with Gasteiger partial charge in [0.25, 0.3) is 5.91 Å². The van der Waals surface area contributed by atoms with Crippen LogP contribution in [0.25, 0.3) is 10.9 Å². The number of halogens is 4. The first kappa shape index (κ1) is 24.5. The molecular weight excluding hydrogens is 488 g/mol. The Hall–Kier alpha value is -4.14. The molecule has 37 heavy (non-hydrogen) atoms. The van der Waals surface area contributed by atoms with Crippen LogP contribution in [0.3, 0.4) is 0 Å². The number of rotatable bonds is 6. The number of nitrogens with one attached hydrogen (secondary N) is 1. The third-order valence-corrected chi connectivity index (χ3v) is 6.67. The van der Waals surface area contributed by atoms with Crippen molar-refractivity contribution >= 4 is 22.8 Å². The van der Waals surface area contributed by atoms with E-state index in [0.29, 0.717) is 34.9 Å². The smallest absolute Gasteiger partial charge is 0.416 e. The summed E-state index contributed by atoms with van der Waals surface area (Å²) in [6.45, 7) is 0.202. The van der Waals surface area contributed by atoms with Crippen molar-refractivity contribution in [3.05, 3.63) is 107 Å². The maximum Gasteiger partial charge on any atom is 0.416 e. The molecule has 0 spiro atoms. The predicted octanol–water partition coefficient (Wildman–Crippen LogP) is 6.05. The van der Waals surface area contributed by atoms with Crippen LogP contribution in [0, 0.1) is 5.82 Å². The van der Waals surface area contributed by atoms with Gasteiger partial charge in [0.15, 0.2) is 0 Å². The van der Waals surface area contributed by atoms with Crippen LogP contribution in [-0.4, -0.2) is 23.6 Å². The molecule has 1 saturated carbocycles. The summed E-state index contributed by atoms with van der Waals surface area (Å²) >= 11 is 0. The number of methoxy groups -OCH3 is 1. The molecule has 1 aliphatic carbocycles. The summed E-state index contributed by atoms with van der Waals surface area (Å²) in [5, 5.41) is 3.53. The first-order valence-electron chi connectivity index (χ1n) is 11.6. The normalized spacial score (nSPS) is 14.4. The van der Waals surface area contributed by atoms with Crippen LogP contribution in [-0.2, 0) is 23.0 Å². The third kappa shape index (κ3) is 4.81. The monoisotopic (exact) mass is 510 g/mol. The third-order valence-electron chi connectivity index (χ3n) is 6.67. The number of alkyl halides is 3. The van der Waals surface area contributed by atoms with Crippen molar-refractivity contribution in [1.82, 2.24) is 9.88 Å². The molecular formula is C28H22F4N2O3. The zero-order chi connectivity index (χ0) is 26.4. The number of amides is 1. The number of aromatic nitrogens is 1. The van der Waals surface area contributed by atoms with Crippen molar-refractivity contribution < 1.29 is 31.9 Å². The highest BCUT2D eigenvalue weighted by atomic mass is 19.4. The lowest BCUT2D eigenvalue weighted by Crippen LogP contribution is -2.35. The summed E-state index contributed by atoms with van der Waals surface area (Å²) < 4.78 is 59.6. The predicted molar refractivity (Wildman–Crippen MR) is 129 cm³/mol. The maximum atomic E-state index is 14.4. The van der Waals surface area contributed by atoms with E-state index >= 15 is 0 Å². The van der Waals surface area contributed by atoms with E-state index in [1.54, 1.807) is 41.1 Å². The fourth-order valence-corrected chi connectivity index (χ4v) is 4.55. The Morgan fingerprint density at radius 1 is 1.00 bits per heavy atom. The van der Waals surface area contributed by atoms with Gasteiger partial charge in [-0.05, 0) is 66.4 Å². The van der Waals surface area contributed by atoms with Gasteiger partial charge >= 0.3 is 12.1 Å². The highest BCUT2D eigenvalue weighted by Gasteiger charge is 2.46. The molecule has 1 N–H and O–H groups in total. The molecule has 0 unspecified atom stereocenters. The van der Waals surface area contributed by atoms with Crippen molar-refractivity contribution in [3.63, 3.8) is 0 Å². The molecule has 1 aliphatic rings. The van der Waals surface area contributed by atoms with E-state index in [1.165, 1.54) is 25.3 Å². The summed E-state index contributed by atoms with van der Waals surface area (Å²) in [4.78, 5) is 25.2. The van der Waals surface area contributed by atoms with E-state index < -0.39 is 35.0 Å². The largest absolute Gasteiger partial charge is 0.465 e. The minimum absolute atomic E-state index is 0.129. The maximum absolute atomic E-state index is 14.4. The van der Waals surface area contributed by atoms with E-state index in [2.05, 4.69) is 5.32 Å². The lowest BCUT2D eigenvalue weighted by molar-refractivity contribution is -0.137. The number of benzene rings is 3. The fourth-order valence-electron chi connectivity index (χ4n) is 4.55. The number of nitrogens with zero attached hydrogens (tertiary/aromatic N) is 1. The Balaban J connectivity index is 1.43. The van der Waals surface area contributed by atoms with Gasteiger partial charge in [-0.15, -0.1) is 0 Å². The fraction of sp³-hybridized carbons (Fsp3) is 0.214. The molecule has 0 bridgehead atoms. The molecule has 4 aromatic rings. The number of esters is 1. The van der Waals surface area contributed by atoms with Gasteiger partial charge in [-0.2, -0.15) is 13.2 Å². The van der Waals surface area contributed by atoms with E-state index in [4.69, 9.17) is 4.74 Å². The Morgan fingerprint density at radius 2 is 1.68 bits per heavy atom. The zero-order valence-electron chi connectivity index (χ0n) is 19.7. The second kappa shape index (κ2) is 9.06. The van der Waals surface area contributed by atoms with Crippen LogP contribution in [0.4, 0.5) is 17.6 Å². The quantitative estimate of drug-likeness (QED) is 0.254. The first-order valence-corrected chi connectivity index (χ1v) is 11.6. The van der Waals surface area contributed by atoms with Crippen molar-refractivity contribution in [2.75, 3.05) is 7.11 Å². The second-order valence-electron chi connectivity index (χ2n) is 9.13. The van der Waals surface area contributed by atoms with E-state index in [9.17, 15) is 27.2 Å². The van der Waals surface area contributed by atoms with Crippen LogP contribution in [0.15, 0.2) is 72.9 Å². The van der Waals surface area contributed by atoms with Gasteiger partial charge in [-0.3, -0.25) is 4.79 Å². The van der Waals surface area contributed by atoms with Crippen molar-refractivity contribution in [2.24, 2.45) is 0 Å². The molecule has 0 radical (unpaired) electrons. The van der Waals surface area contributed by atoms with Crippen molar-refractivity contribution in [1.29, 1.82) is 0 Å². The summed E-state index contributed by atoms with van der Waals surface area (Å²) in [6, 6.07) is 15.7. The van der Waals surface area contributed by atoms with Gasteiger partial charge in [0.2, 0.25) is 0 Å². The van der Waals surface area contributed by atoms with Crippen LogP contribution in [0.5, 0.6) is 0 Å². The molecule has 3 aromatic carbocycles. The molecule has 0 atom stereocenters. The van der Waals surface area contributed by atoms with Crippen molar-refractivity contribution in [2.45, 2.75) is 31.1 Å². The minimum Gasteiger partial charge on any atom is -0.465 e. The summed E-state index contributed by atoms with van der Waals surface area (Å²) in [5.74, 6) is -1.50. The Kier molecular flexibility index (Phi) is 6.01. The molecule has 1 heterocycles. The van der Waals surface area contributed by atoms with Gasteiger partial charge < -0.3 is 14.6 Å². The Bertz CT molecular complexity index is 1490. The molecule has 9 heteroatoms.